The van der Waals surface area contributed by atoms with Crippen LogP contribution in [-0.2, 0) is 7.05 Å². The van der Waals surface area contributed by atoms with Gasteiger partial charge in [0.1, 0.15) is 11.8 Å². The second kappa shape index (κ2) is 7.11. The van der Waals surface area contributed by atoms with E-state index in [2.05, 4.69) is 30.5 Å². The number of nitrogens with zero attached hydrogens (tertiary/aromatic N) is 9. The lowest BCUT2D eigenvalue weighted by atomic mass is 10.2. The van der Waals surface area contributed by atoms with E-state index in [1.807, 2.05) is 13.0 Å². The molecule has 13 heteroatoms. The van der Waals surface area contributed by atoms with Crippen molar-refractivity contribution in [3.8, 4) is 0 Å². The second-order valence-corrected chi connectivity index (χ2v) is 7.27. The summed E-state index contributed by atoms with van der Waals surface area (Å²) >= 11 is 0. The molecular weight excluding hydrogens is 410 g/mol. The summed E-state index contributed by atoms with van der Waals surface area (Å²) in [7, 11) is 1.61. The fourth-order valence-corrected chi connectivity index (χ4v) is 3.61. The van der Waals surface area contributed by atoms with Gasteiger partial charge in [-0.2, -0.15) is 15.2 Å². The molecule has 0 bridgehead atoms. The summed E-state index contributed by atoms with van der Waals surface area (Å²) in [5.74, 6) is 0.286. The highest BCUT2D eigenvalue weighted by Gasteiger charge is 2.26. The average Bonchev–Trinajstić information content (AvgIpc) is 3.41. The second-order valence-electron chi connectivity index (χ2n) is 7.27. The van der Waals surface area contributed by atoms with Crippen LogP contribution in [0.4, 0.5) is 20.4 Å². The first-order valence-corrected chi connectivity index (χ1v) is 9.49. The van der Waals surface area contributed by atoms with E-state index in [1.165, 1.54) is 26.7 Å². The van der Waals surface area contributed by atoms with Crippen molar-refractivity contribution in [2.45, 2.75) is 19.4 Å². The number of hydrazone groups is 1. The normalized spacial score (nSPS) is 16.3. The van der Waals surface area contributed by atoms with Crippen LogP contribution in [0.1, 0.15) is 11.6 Å². The van der Waals surface area contributed by atoms with E-state index in [9.17, 15) is 13.6 Å². The van der Waals surface area contributed by atoms with Crippen molar-refractivity contribution < 1.29 is 8.78 Å². The van der Waals surface area contributed by atoms with Gasteiger partial charge in [0, 0.05) is 13.3 Å². The molecule has 1 atom stereocenters. The maximum Gasteiger partial charge on any atom is 0.330 e. The molecule has 0 saturated carbocycles. The monoisotopic (exact) mass is 428 g/mol. The van der Waals surface area contributed by atoms with Gasteiger partial charge in [-0.05, 0) is 18.6 Å². The van der Waals surface area contributed by atoms with Gasteiger partial charge in [-0.1, -0.05) is 0 Å². The molecule has 0 fully saturated rings. The van der Waals surface area contributed by atoms with Crippen LogP contribution in [-0.4, -0.2) is 64.4 Å². The molecule has 1 aliphatic rings. The van der Waals surface area contributed by atoms with Crippen LogP contribution in [0.3, 0.4) is 0 Å². The SMILES string of the molecule is Cc1cc2ncnn2cc1Nc1ncc2c(n1)n(C1C=NN(CC(F)F)C1)c(=O)n2C. The Labute approximate surface area is 173 Å². The van der Waals surface area contributed by atoms with Crippen molar-refractivity contribution in [2.24, 2.45) is 12.1 Å². The molecule has 0 spiro atoms. The van der Waals surface area contributed by atoms with Crippen molar-refractivity contribution in [1.82, 2.24) is 38.7 Å². The highest BCUT2D eigenvalue weighted by molar-refractivity contribution is 5.76. The number of fused-ring (bicyclic) bond motifs is 2. The smallest absolute Gasteiger partial charge is 0.323 e. The van der Waals surface area contributed by atoms with E-state index in [1.54, 1.807) is 24.0 Å². The molecule has 4 aromatic heterocycles. The molecule has 1 unspecified atom stereocenters. The molecule has 0 amide bonds. The zero-order valence-electron chi connectivity index (χ0n) is 16.6. The number of rotatable bonds is 5. The van der Waals surface area contributed by atoms with Crippen molar-refractivity contribution in [1.29, 1.82) is 0 Å². The summed E-state index contributed by atoms with van der Waals surface area (Å²) < 4.78 is 29.9. The van der Waals surface area contributed by atoms with Gasteiger partial charge in [0.2, 0.25) is 5.95 Å². The fraction of sp³-hybridized carbons (Fsp3) is 0.333. The van der Waals surface area contributed by atoms with Crippen LogP contribution in [0.2, 0.25) is 0 Å². The number of anilines is 2. The van der Waals surface area contributed by atoms with E-state index in [-0.39, 0.29) is 18.2 Å². The molecule has 0 aliphatic carbocycles. The van der Waals surface area contributed by atoms with Crippen molar-refractivity contribution >= 4 is 34.7 Å². The van der Waals surface area contributed by atoms with Crippen LogP contribution in [0.5, 0.6) is 0 Å². The molecule has 5 heterocycles. The first kappa shape index (κ1) is 19.1. The summed E-state index contributed by atoms with van der Waals surface area (Å²) in [4.78, 5) is 25.8. The third-order valence-corrected chi connectivity index (χ3v) is 5.18. The summed E-state index contributed by atoms with van der Waals surface area (Å²) in [6, 6.07) is 1.37. The molecule has 0 aromatic carbocycles. The summed E-state index contributed by atoms with van der Waals surface area (Å²) in [5, 5.41) is 12.5. The lowest BCUT2D eigenvalue weighted by Crippen LogP contribution is -2.31. The maximum absolute atomic E-state index is 12.8. The Kier molecular flexibility index (Phi) is 4.38. The van der Waals surface area contributed by atoms with E-state index < -0.39 is 19.0 Å². The number of imidazole rings is 1. The largest absolute Gasteiger partial charge is 0.330 e. The van der Waals surface area contributed by atoms with Gasteiger partial charge in [-0.3, -0.25) is 14.1 Å². The van der Waals surface area contributed by atoms with Gasteiger partial charge < -0.3 is 5.32 Å². The van der Waals surface area contributed by atoms with Crippen molar-refractivity contribution in [2.75, 3.05) is 18.4 Å². The molecule has 0 radical (unpaired) electrons. The Balaban J connectivity index is 1.52. The maximum atomic E-state index is 12.8. The third-order valence-electron chi connectivity index (χ3n) is 5.18. The number of nitrogens with one attached hydrogen (secondary N) is 1. The number of alkyl halides is 2. The molecular formula is C18H18F2N10O. The van der Waals surface area contributed by atoms with E-state index in [0.29, 0.717) is 16.8 Å². The minimum Gasteiger partial charge on any atom is -0.323 e. The van der Waals surface area contributed by atoms with Gasteiger partial charge in [-0.15, -0.1) is 0 Å². The van der Waals surface area contributed by atoms with Gasteiger partial charge in [0.15, 0.2) is 11.3 Å². The molecule has 160 valence electrons. The Morgan fingerprint density at radius 3 is 2.97 bits per heavy atom. The lowest BCUT2D eigenvalue weighted by Gasteiger charge is -2.15. The summed E-state index contributed by atoms with van der Waals surface area (Å²) in [6.07, 6.45) is 3.76. The van der Waals surface area contributed by atoms with Gasteiger partial charge in [0.25, 0.3) is 6.43 Å². The summed E-state index contributed by atoms with van der Waals surface area (Å²) in [6.45, 7) is 1.59. The predicted octanol–water partition coefficient (Wildman–Crippen LogP) is 1.33. The van der Waals surface area contributed by atoms with Crippen LogP contribution in [0, 0.1) is 6.92 Å². The Hall–Kier alpha value is -3.90. The third kappa shape index (κ3) is 3.27. The van der Waals surface area contributed by atoms with Crippen LogP contribution in [0.25, 0.3) is 16.8 Å². The van der Waals surface area contributed by atoms with Crippen LogP contribution < -0.4 is 11.0 Å². The molecule has 31 heavy (non-hydrogen) atoms. The Morgan fingerprint density at radius 1 is 1.32 bits per heavy atom. The number of hydrogen-bond donors (Lipinski definition) is 1. The predicted molar refractivity (Wildman–Crippen MR) is 109 cm³/mol. The average molecular weight is 428 g/mol. The molecule has 5 rings (SSSR count). The van der Waals surface area contributed by atoms with Gasteiger partial charge >= 0.3 is 5.69 Å². The lowest BCUT2D eigenvalue weighted by molar-refractivity contribution is 0.0924. The van der Waals surface area contributed by atoms with E-state index in [0.717, 1.165) is 11.3 Å². The molecule has 0 saturated heterocycles. The number of pyridine rings is 1. The number of aromatic nitrogens is 7. The van der Waals surface area contributed by atoms with Crippen molar-refractivity contribution in [3.63, 3.8) is 0 Å². The standard InChI is InChI=1S/C18H18F2N10O/c1-10-3-15-22-9-24-29(15)7-12(10)25-17-21-5-13-16(26-17)30(18(31)27(13)2)11-4-23-28(6-11)8-14(19)20/h3-5,7,9,11,14H,6,8H2,1-2H3,(H,21,25,26). The summed E-state index contributed by atoms with van der Waals surface area (Å²) in [5.41, 5.74) is 2.95. The quantitative estimate of drug-likeness (QED) is 0.511. The highest BCUT2D eigenvalue weighted by Crippen LogP contribution is 2.22. The number of hydrogen-bond acceptors (Lipinski definition) is 8. The highest BCUT2D eigenvalue weighted by atomic mass is 19.3. The van der Waals surface area contributed by atoms with Gasteiger partial charge in [0.05, 0.1) is 37.2 Å². The zero-order chi connectivity index (χ0) is 21.7. The first-order chi connectivity index (χ1) is 14.9. The van der Waals surface area contributed by atoms with Gasteiger partial charge in [-0.25, -0.2) is 28.1 Å². The van der Waals surface area contributed by atoms with Crippen LogP contribution >= 0.6 is 0 Å². The fourth-order valence-electron chi connectivity index (χ4n) is 3.61. The van der Waals surface area contributed by atoms with Crippen LogP contribution in [0.15, 0.2) is 34.7 Å². The number of halogens is 2. The van der Waals surface area contributed by atoms with E-state index in [4.69, 9.17) is 0 Å². The topological polar surface area (TPSA) is 111 Å². The molecule has 1 aliphatic heterocycles. The Morgan fingerprint density at radius 2 is 2.16 bits per heavy atom. The Bertz CT molecular complexity index is 1370. The zero-order valence-corrected chi connectivity index (χ0v) is 16.6. The number of aryl methyl sites for hydroxylation is 2. The van der Waals surface area contributed by atoms with Crippen molar-refractivity contribution in [3.05, 3.63) is 40.8 Å². The molecule has 1 N–H and O–H groups in total. The van der Waals surface area contributed by atoms with E-state index >= 15 is 0 Å². The molecule has 11 nitrogen and oxygen atoms in total. The first-order valence-electron chi connectivity index (χ1n) is 9.49. The molecule has 4 aromatic rings. The minimum absolute atomic E-state index is 0.165. The minimum atomic E-state index is -2.51.